The molecule has 0 radical (unpaired) electrons. The van der Waals surface area contributed by atoms with Gasteiger partial charge in [0.1, 0.15) is 0 Å². The van der Waals surface area contributed by atoms with Crippen molar-refractivity contribution in [3.63, 3.8) is 0 Å². The highest BCUT2D eigenvalue weighted by Crippen LogP contribution is 2.13. The Kier molecular flexibility index (Phi) is 40.2. The minimum atomic E-state index is -0.965. The second-order valence-corrected chi connectivity index (χ2v) is 14.9. The van der Waals surface area contributed by atoms with Crippen LogP contribution in [0, 0.1) is 0 Å². The third-order valence-electron chi connectivity index (χ3n) is 9.76. The molecule has 5 heteroatoms. The monoisotopic (exact) mass is 728 g/mol. The molecular weight excluding hydrogens is 643 g/mol. The molecule has 1 amide bonds. The van der Waals surface area contributed by atoms with Crippen LogP contribution in [0.5, 0.6) is 0 Å². The molecule has 0 bridgehead atoms. The Hall–Kier alpha value is -1.95. The first-order valence-electron chi connectivity index (χ1n) is 22.1. The van der Waals surface area contributed by atoms with Gasteiger partial charge in [-0.15, -0.1) is 0 Å². The van der Waals surface area contributed by atoms with E-state index in [1.807, 2.05) is 6.08 Å². The topological polar surface area (TPSA) is 89.8 Å². The van der Waals surface area contributed by atoms with E-state index in [4.69, 9.17) is 0 Å². The number of nitrogens with one attached hydrogen (secondary N) is 1. The summed E-state index contributed by atoms with van der Waals surface area (Å²) in [5.41, 5.74) is 0. The number of carbonyl (C=O) groups is 1. The Balaban J connectivity index is 3.77. The molecule has 4 N–H and O–H groups in total. The van der Waals surface area contributed by atoms with Crippen molar-refractivity contribution in [2.24, 2.45) is 0 Å². The maximum atomic E-state index is 12.4. The van der Waals surface area contributed by atoms with Gasteiger partial charge in [0, 0.05) is 0 Å². The van der Waals surface area contributed by atoms with Gasteiger partial charge in [-0.1, -0.05) is 184 Å². The molecule has 3 atom stereocenters. The van der Waals surface area contributed by atoms with Gasteiger partial charge in [-0.2, -0.15) is 0 Å². The molecule has 0 aliphatic carbocycles. The number of amides is 1. The smallest absolute Gasteiger partial charge is 0.222 e. The second-order valence-electron chi connectivity index (χ2n) is 14.9. The van der Waals surface area contributed by atoms with Crippen molar-refractivity contribution in [3.05, 3.63) is 60.8 Å². The summed E-state index contributed by atoms with van der Waals surface area (Å²) in [5, 5.41) is 33.2. The first kappa shape index (κ1) is 50.1. The zero-order chi connectivity index (χ0) is 38.0. The van der Waals surface area contributed by atoms with E-state index in [0.29, 0.717) is 6.42 Å². The third-order valence-corrected chi connectivity index (χ3v) is 9.76. The molecule has 0 heterocycles. The number of aliphatic hydroxyl groups is 3. The van der Waals surface area contributed by atoms with Crippen molar-refractivity contribution in [3.8, 4) is 0 Å². The van der Waals surface area contributed by atoms with Gasteiger partial charge in [0.25, 0.3) is 0 Å². The Labute approximate surface area is 322 Å². The molecule has 5 nitrogen and oxygen atoms in total. The van der Waals surface area contributed by atoms with E-state index in [-0.39, 0.29) is 18.9 Å². The largest absolute Gasteiger partial charge is 0.394 e. The predicted octanol–water partition coefficient (Wildman–Crippen LogP) is 12.7. The fourth-order valence-corrected chi connectivity index (χ4v) is 6.34. The molecule has 0 saturated carbocycles. The number of hydrogen-bond donors (Lipinski definition) is 4. The molecule has 0 aromatic carbocycles. The van der Waals surface area contributed by atoms with Crippen molar-refractivity contribution < 1.29 is 20.1 Å². The van der Waals surface area contributed by atoms with Crippen molar-refractivity contribution in [2.45, 2.75) is 225 Å². The number of carbonyl (C=O) groups excluding carboxylic acids is 1. The highest BCUT2D eigenvalue weighted by Gasteiger charge is 2.20. The van der Waals surface area contributed by atoms with Gasteiger partial charge in [-0.3, -0.25) is 4.79 Å². The molecule has 0 spiro atoms. The summed E-state index contributed by atoms with van der Waals surface area (Å²) in [6.07, 6.45) is 55.0. The first-order chi connectivity index (χ1) is 25.5. The predicted molar refractivity (Wildman–Crippen MR) is 227 cm³/mol. The lowest BCUT2D eigenvalue weighted by Gasteiger charge is -2.20. The van der Waals surface area contributed by atoms with Gasteiger partial charge in [0.2, 0.25) is 5.91 Å². The van der Waals surface area contributed by atoms with Crippen LogP contribution >= 0.6 is 0 Å². The van der Waals surface area contributed by atoms with Gasteiger partial charge in [-0.05, 0) is 77.0 Å². The van der Waals surface area contributed by atoms with E-state index in [1.165, 1.54) is 122 Å². The standard InChI is InChI=1S/C47H85NO4/c1-3-5-7-9-11-13-15-17-19-21-22-23-24-25-26-28-30-32-34-36-38-40-44(50)42-47(52)48-45(43-49)46(51)41-39-37-35-33-31-29-27-20-18-16-14-12-10-8-6-4-2/h18,20,22-23,25-26,31,33,39,41,44-46,49-51H,3-17,19,21,24,27-30,32,34-38,40,42-43H2,1-2H3,(H,48,52)/b20-18+,23-22-,26-25-,33-31+,41-39+. The highest BCUT2D eigenvalue weighted by molar-refractivity contribution is 5.76. The molecule has 0 fully saturated rings. The van der Waals surface area contributed by atoms with Crippen LogP contribution in [0.1, 0.15) is 206 Å². The summed E-state index contributed by atoms with van der Waals surface area (Å²) in [5.74, 6) is -0.340. The molecule has 3 unspecified atom stereocenters. The van der Waals surface area contributed by atoms with Crippen LogP contribution in [-0.2, 0) is 4.79 Å². The maximum absolute atomic E-state index is 12.4. The van der Waals surface area contributed by atoms with E-state index >= 15 is 0 Å². The van der Waals surface area contributed by atoms with Gasteiger partial charge in [0.05, 0.1) is 31.3 Å². The number of allylic oxidation sites excluding steroid dienone is 9. The molecule has 0 aromatic rings. The van der Waals surface area contributed by atoms with Crippen LogP contribution in [0.2, 0.25) is 0 Å². The number of aliphatic hydroxyl groups excluding tert-OH is 3. The second kappa shape index (κ2) is 41.8. The van der Waals surface area contributed by atoms with Gasteiger partial charge < -0.3 is 20.6 Å². The molecule has 0 aliphatic heterocycles. The van der Waals surface area contributed by atoms with Crippen molar-refractivity contribution in [2.75, 3.05) is 6.61 Å². The lowest BCUT2D eigenvalue weighted by atomic mass is 10.0. The van der Waals surface area contributed by atoms with E-state index in [2.05, 4.69) is 67.8 Å². The minimum absolute atomic E-state index is 0.00952. The van der Waals surface area contributed by atoms with Crippen LogP contribution in [-0.4, -0.2) is 46.1 Å². The lowest BCUT2D eigenvalue weighted by Crippen LogP contribution is -2.45. The fraction of sp³-hybridized carbons (Fsp3) is 0.766. The Morgan fingerprint density at radius 2 is 0.885 bits per heavy atom. The molecule has 302 valence electrons. The van der Waals surface area contributed by atoms with Gasteiger partial charge in [0.15, 0.2) is 0 Å². The molecular formula is C47H85NO4. The summed E-state index contributed by atoms with van der Waals surface area (Å²) in [6, 6.07) is -0.774. The Morgan fingerprint density at radius 1 is 0.500 bits per heavy atom. The van der Waals surface area contributed by atoms with Crippen molar-refractivity contribution >= 4 is 5.91 Å². The normalized spacial score (nSPS) is 14.2. The van der Waals surface area contributed by atoms with Crippen LogP contribution < -0.4 is 5.32 Å². The average molecular weight is 728 g/mol. The molecule has 0 aliphatic rings. The summed E-state index contributed by atoms with van der Waals surface area (Å²) in [7, 11) is 0. The highest BCUT2D eigenvalue weighted by atomic mass is 16.3. The van der Waals surface area contributed by atoms with Gasteiger partial charge >= 0.3 is 0 Å². The summed E-state index contributed by atoms with van der Waals surface area (Å²) in [6.45, 7) is 4.18. The molecule has 52 heavy (non-hydrogen) atoms. The summed E-state index contributed by atoms with van der Waals surface area (Å²) >= 11 is 0. The van der Waals surface area contributed by atoms with Crippen molar-refractivity contribution in [1.29, 1.82) is 0 Å². The van der Waals surface area contributed by atoms with Crippen LogP contribution in [0.25, 0.3) is 0 Å². The minimum Gasteiger partial charge on any atom is -0.394 e. The van der Waals surface area contributed by atoms with E-state index in [0.717, 1.165) is 57.8 Å². The SMILES string of the molecule is CCCCCCCC/C=C/CC/C=C/CC/C=C/C(O)C(CO)NC(=O)CC(O)CCCCCCC/C=C\C/C=C\CCCCCCCCCCC. The first-order valence-corrected chi connectivity index (χ1v) is 22.1. The fourth-order valence-electron chi connectivity index (χ4n) is 6.34. The quantitative estimate of drug-likeness (QED) is 0.0375. The molecule has 0 rings (SSSR count). The average Bonchev–Trinajstić information content (AvgIpc) is 3.14. The van der Waals surface area contributed by atoms with E-state index in [1.54, 1.807) is 6.08 Å². The number of hydrogen-bond acceptors (Lipinski definition) is 4. The lowest BCUT2D eigenvalue weighted by molar-refractivity contribution is -0.124. The summed E-state index contributed by atoms with van der Waals surface area (Å²) in [4.78, 5) is 12.4. The van der Waals surface area contributed by atoms with Crippen LogP contribution in [0.4, 0.5) is 0 Å². The maximum Gasteiger partial charge on any atom is 0.222 e. The molecule has 0 aromatic heterocycles. The third kappa shape index (κ3) is 37.8. The number of rotatable bonds is 39. The Bertz CT molecular complexity index is 892. The zero-order valence-electron chi connectivity index (χ0n) is 34.2. The Morgan fingerprint density at radius 3 is 1.35 bits per heavy atom. The van der Waals surface area contributed by atoms with E-state index in [9.17, 15) is 20.1 Å². The number of unbranched alkanes of at least 4 members (excludes halogenated alkanes) is 22. The molecule has 0 saturated heterocycles. The van der Waals surface area contributed by atoms with Crippen LogP contribution in [0.3, 0.4) is 0 Å². The summed E-state index contributed by atoms with van der Waals surface area (Å²) < 4.78 is 0. The van der Waals surface area contributed by atoms with Crippen LogP contribution in [0.15, 0.2) is 60.8 Å². The van der Waals surface area contributed by atoms with Crippen molar-refractivity contribution in [1.82, 2.24) is 5.32 Å². The zero-order valence-corrected chi connectivity index (χ0v) is 34.2. The van der Waals surface area contributed by atoms with E-state index < -0.39 is 18.2 Å². The van der Waals surface area contributed by atoms with Gasteiger partial charge in [-0.25, -0.2) is 0 Å².